The monoisotopic (exact) mass is 783 g/mol. The molecule has 56 heavy (non-hydrogen) atoms. The lowest BCUT2D eigenvalue weighted by atomic mass is 9.94. The standard InChI is InChI=1S/C26H25F3N6O4.C16H36N/c27-26(28,29)23-19(13-31-35(23)21-5-1-2-10-30-21)25-32-24(33-39-25)18-8-6-17(7-9-18)20(36)15-34-11-3-4-16(14-34)12-22(37)38;1-5-9-13-17(14-10-6-2,15-11-7-3)16-12-8-4/h1-2,5-10,13,16,20,36H,3-4,11-12,14-15H2,(H,37,38);5-16H2,1-4H3/q;+1/p-1/t16-,20-;/m1./s1. The molecule has 1 aliphatic heterocycles. The van der Waals surface area contributed by atoms with E-state index >= 15 is 0 Å². The predicted molar refractivity (Wildman–Crippen MR) is 208 cm³/mol. The molecule has 0 radical (unpaired) electrons. The first-order chi connectivity index (χ1) is 26.9. The van der Waals surface area contributed by atoms with Crippen LogP contribution in [-0.2, 0) is 11.0 Å². The van der Waals surface area contributed by atoms with E-state index in [9.17, 15) is 28.2 Å². The van der Waals surface area contributed by atoms with Crippen molar-refractivity contribution in [3.05, 3.63) is 66.1 Å². The predicted octanol–water partition coefficient (Wildman–Crippen LogP) is 7.89. The zero-order valence-electron chi connectivity index (χ0n) is 33.5. The summed E-state index contributed by atoms with van der Waals surface area (Å²) in [5.74, 6) is -1.35. The number of aliphatic hydroxyl groups is 1. The van der Waals surface area contributed by atoms with Gasteiger partial charge in [0.1, 0.15) is 0 Å². The maximum Gasteiger partial charge on any atom is 0.434 e. The topological polar surface area (TPSA) is 133 Å². The van der Waals surface area contributed by atoms with Crippen molar-refractivity contribution in [2.24, 2.45) is 5.92 Å². The van der Waals surface area contributed by atoms with Crippen LogP contribution in [0.2, 0.25) is 0 Å². The molecule has 0 saturated carbocycles. The van der Waals surface area contributed by atoms with Crippen LogP contribution in [0.5, 0.6) is 0 Å². The second-order valence-corrected chi connectivity index (χ2v) is 15.1. The highest BCUT2D eigenvalue weighted by Gasteiger charge is 2.41. The van der Waals surface area contributed by atoms with E-state index in [0.717, 1.165) is 25.6 Å². The van der Waals surface area contributed by atoms with Gasteiger partial charge in [-0.25, -0.2) is 9.67 Å². The summed E-state index contributed by atoms with van der Waals surface area (Å²) in [5.41, 5.74) is -0.356. The number of likely N-dealkylation sites (tertiary alicyclic amines) is 1. The molecule has 1 N–H and O–H groups in total. The van der Waals surface area contributed by atoms with E-state index in [1.54, 1.807) is 36.4 Å². The van der Waals surface area contributed by atoms with Crippen LogP contribution < -0.4 is 5.11 Å². The van der Waals surface area contributed by atoms with Gasteiger partial charge in [0.15, 0.2) is 11.5 Å². The Bertz CT molecular complexity index is 1690. The Hall–Kier alpha value is -4.14. The van der Waals surface area contributed by atoms with Crippen molar-refractivity contribution in [3.63, 3.8) is 0 Å². The Balaban J connectivity index is 0.000000347. The van der Waals surface area contributed by atoms with Crippen LogP contribution in [0, 0.1) is 5.92 Å². The number of aliphatic hydroxyl groups excluding tert-OH is 1. The number of quaternary nitrogens is 1. The smallest absolute Gasteiger partial charge is 0.434 e. The highest BCUT2D eigenvalue weighted by molar-refractivity contribution is 5.64. The number of aliphatic carboxylic acids is 1. The molecule has 0 bridgehead atoms. The summed E-state index contributed by atoms with van der Waals surface area (Å²) in [6.45, 7) is 16.7. The summed E-state index contributed by atoms with van der Waals surface area (Å²) in [7, 11) is 0. The molecule has 4 aromatic rings. The SMILES string of the molecule is CCCC[N+](CCCC)(CCCC)CCCC.O=C([O-])C[C@H]1CCCN(C[C@@H](O)c2ccc(-c3noc(-c4cnn(-c5ccccn5)c4C(F)(F)F)n3)cc2)C1. The van der Waals surface area contributed by atoms with Gasteiger partial charge < -0.3 is 28.9 Å². The van der Waals surface area contributed by atoms with E-state index < -0.39 is 23.9 Å². The molecule has 4 heterocycles. The van der Waals surface area contributed by atoms with Crippen LogP contribution in [-0.4, -0.2) is 91.2 Å². The summed E-state index contributed by atoms with van der Waals surface area (Å²) in [4.78, 5) is 21.0. The van der Waals surface area contributed by atoms with Gasteiger partial charge in [0.05, 0.1) is 44.0 Å². The normalized spacial score (nSPS) is 15.7. The van der Waals surface area contributed by atoms with Crippen LogP contribution in [0.4, 0.5) is 13.2 Å². The number of β-amino-alcohol motifs (C(OH)–C–C–N with tert-alkyl or cyclic N) is 1. The summed E-state index contributed by atoms with van der Waals surface area (Å²) in [6.07, 6.45) is 9.52. The van der Waals surface area contributed by atoms with Gasteiger partial charge in [0, 0.05) is 30.8 Å². The molecule has 308 valence electrons. The Morgan fingerprint density at radius 1 is 0.964 bits per heavy atom. The first-order valence-corrected chi connectivity index (χ1v) is 20.4. The number of aromatic nitrogens is 5. The Morgan fingerprint density at radius 3 is 2.12 bits per heavy atom. The van der Waals surface area contributed by atoms with Crippen LogP contribution in [0.25, 0.3) is 28.7 Å². The third kappa shape index (κ3) is 13.0. The van der Waals surface area contributed by atoms with Crippen molar-refractivity contribution < 1.29 is 37.2 Å². The Morgan fingerprint density at radius 2 is 1.59 bits per heavy atom. The number of alkyl halides is 3. The molecule has 1 aromatic carbocycles. The molecule has 14 heteroatoms. The number of piperidine rings is 1. The average molecular weight is 784 g/mol. The van der Waals surface area contributed by atoms with E-state index in [-0.39, 0.29) is 35.4 Å². The number of hydrogen-bond donors (Lipinski definition) is 1. The number of unbranched alkanes of at least 4 members (excludes halogenated alkanes) is 4. The lowest BCUT2D eigenvalue weighted by molar-refractivity contribution is -0.929. The van der Waals surface area contributed by atoms with Crippen LogP contribution >= 0.6 is 0 Å². The number of hydrogen-bond acceptors (Lipinski definition) is 9. The molecule has 0 amide bonds. The molecule has 1 fully saturated rings. The lowest BCUT2D eigenvalue weighted by Crippen LogP contribution is -2.50. The van der Waals surface area contributed by atoms with Crippen LogP contribution in [0.1, 0.15) is 116 Å². The fourth-order valence-electron chi connectivity index (χ4n) is 7.45. The number of benzene rings is 1. The van der Waals surface area contributed by atoms with E-state index in [1.807, 2.05) is 4.90 Å². The van der Waals surface area contributed by atoms with Crippen molar-refractivity contribution in [3.8, 4) is 28.7 Å². The third-order valence-corrected chi connectivity index (χ3v) is 10.5. The molecule has 5 rings (SSSR count). The fraction of sp³-hybridized carbons (Fsp3) is 0.595. The Labute approximate surface area is 329 Å². The molecule has 3 aromatic heterocycles. The van der Waals surface area contributed by atoms with Gasteiger partial charge in [0.2, 0.25) is 5.82 Å². The molecule has 2 atom stereocenters. The van der Waals surface area contributed by atoms with Gasteiger partial charge in [0.25, 0.3) is 5.89 Å². The summed E-state index contributed by atoms with van der Waals surface area (Å²) >= 11 is 0. The molecular formula is C42H60F3N7O4. The van der Waals surface area contributed by atoms with Crippen molar-refractivity contribution in [2.75, 3.05) is 45.8 Å². The maximum absolute atomic E-state index is 14.0. The Kier molecular flexibility index (Phi) is 17.5. The van der Waals surface area contributed by atoms with Crippen molar-refractivity contribution in [2.45, 2.75) is 111 Å². The lowest BCUT2D eigenvalue weighted by Gasteiger charge is -2.39. The minimum atomic E-state index is -4.77. The number of halogens is 3. The number of pyridine rings is 1. The second-order valence-electron chi connectivity index (χ2n) is 15.1. The molecule has 0 spiro atoms. The molecular weight excluding hydrogens is 724 g/mol. The number of carboxylic acids is 1. The second kappa shape index (κ2) is 22.0. The van der Waals surface area contributed by atoms with Crippen LogP contribution in [0.15, 0.2) is 59.4 Å². The summed E-state index contributed by atoms with van der Waals surface area (Å²) in [6, 6.07) is 11.2. The first kappa shape index (κ1) is 44.6. The quantitative estimate of drug-likeness (QED) is 0.0889. The van der Waals surface area contributed by atoms with E-state index in [1.165, 1.54) is 94.3 Å². The van der Waals surface area contributed by atoms with E-state index in [2.05, 4.69) is 47.9 Å². The van der Waals surface area contributed by atoms with Gasteiger partial charge in [-0.2, -0.15) is 23.3 Å². The first-order valence-electron chi connectivity index (χ1n) is 20.4. The largest absolute Gasteiger partial charge is 0.550 e. The maximum atomic E-state index is 14.0. The minimum absolute atomic E-state index is 0.000291. The number of carboxylic acid groups (broad SMARTS) is 1. The van der Waals surface area contributed by atoms with Gasteiger partial charge in [-0.1, -0.05) is 88.9 Å². The molecule has 11 nitrogen and oxygen atoms in total. The van der Waals surface area contributed by atoms with Crippen molar-refractivity contribution in [1.82, 2.24) is 29.8 Å². The summed E-state index contributed by atoms with van der Waals surface area (Å²) in [5, 5.41) is 29.3. The van der Waals surface area contributed by atoms with Gasteiger partial charge in [-0.3, -0.25) is 0 Å². The molecule has 0 aliphatic carbocycles. The zero-order valence-corrected chi connectivity index (χ0v) is 33.5. The van der Waals surface area contributed by atoms with Gasteiger partial charge in [-0.05, 0) is 75.1 Å². The van der Waals surface area contributed by atoms with Crippen LogP contribution in [0.3, 0.4) is 0 Å². The molecule has 1 saturated heterocycles. The molecule has 0 unspecified atom stereocenters. The minimum Gasteiger partial charge on any atom is -0.550 e. The van der Waals surface area contributed by atoms with Gasteiger partial charge >= 0.3 is 6.18 Å². The van der Waals surface area contributed by atoms with Crippen molar-refractivity contribution >= 4 is 5.97 Å². The highest BCUT2D eigenvalue weighted by atomic mass is 19.4. The number of carbonyl (C=O) groups is 1. The number of carbonyl (C=O) groups excluding carboxylic acids is 1. The molecule has 1 aliphatic rings. The highest BCUT2D eigenvalue weighted by Crippen LogP contribution is 2.38. The van der Waals surface area contributed by atoms with E-state index in [0.29, 0.717) is 28.9 Å². The number of rotatable bonds is 20. The summed E-state index contributed by atoms with van der Waals surface area (Å²) < 4.78 is 49.2. The fourth-order valence-corrected chi connectivity index (χ4v) is 7.45. The van der Waals surface area contributed by atoms with Crippen molar-refractivity contribution in [1.29, 1.82) is 0 Å². The third-order valence-electron chi connectivity index (χ3n) is 10.5. The van der Waals surface area contributed by atoms with Gasteiger partial charge in [-0.15, -0.1) is 0 Å². The average Bonchev–Trinajstić information content (AvgIpc) is 3.87. The number of nitrogens with zero attached hydrogens (tertiary/aromatic N) is 7. The zero-order chi connectivity index (χ0) is 40.6. The van der Waals surface area contributed by atoms with E-state index in [4.69, 9.17) is 4.52 Å².